The van der Waals surface area contributed by atoms with Gasteiger partial charge in [0.25, 0.3) is 5.91 Å². The Labute approximate surface area is 116 Å². The summed E-state index contributed by atoms with van der Waals surface area (Å²) in [6.45, 7) is 3.39. The van der Waals surface area contributed by atoms with Crippen molar-refractivity contribution in [2.45, 2.75) is 13.3 Å². The first-order valence-electron chi connectivity index (χ1n) is 5.68. The second-order valence-corrected chi connectivity index (χ2v) is 5.21. The molecule has 0 fully saturated rings. The minimum absolute atomic E-state index is 0.0623. The normalized spacial score (nSPS) is 15.5. The molecule has 0 bridgehead atoms. The van der Waals surface area contributed by atoms with Crippen LogP contribution < -0.4 is 5.73 Å². The summed E-state index contributed by atoms with van der Waals surface area (Å²) >= 11 is 11.8. The van der Waals surface area contributed by atoms with Crippen molar-refractivity contribution in [2.24, 2.45) is 0 Å². The quantitative estimate of drug-likeness (QED) is 0.635. The highest BCUT2D eigenvalue weighted by atomic mass is 35.5. The number of anilines is 1. The van der Waals surface area contributed by atoms with Crippen molar-refractivity contribution < 1.29 is 4.79 Å². The van der Waals surface area contributed by atoms with E-state index in [-0.39, 0.29) is 5.91 Å². The molecule has 1 aromatic carbocycles. The Morgan fingerprint density at radius 3 is 2.72 bits per heavy atom. The third kappa shape index (κ3) is 2.62. The van der Waals surface area contributed by atoms with Crippen molar-refractivity contribution in [3.8, 4) is 0 Å². The first-order chi connectivity index (χ1) is 8.49. The molecule has 5 heteroatoms. The lowest BCUT2D eigenvalue weighted by Gasteiger charge is -2.26. The molecule has 0 saturated heterocycles. The van der Waals surface area contributed by atoms with Crippen LogP contribution in [0.1, 0.15) is 23.7 Å². The lowest BCUT2D eigenvalue weighted by molar-refractivity contribution is 0.0766. The Hall–Kier alpha value is -1.19. The van der Waals surface area contributed by atoms with Crippen LogP contribution in [0.2, 0.25) is 10.0 Å². The third-order valence-corrected chi connectivity index (χ3v) is 3.74. The van der Waals surface area contributed by atoms with Gasteiger partial charge in [-0.05, 0) is 25.5 Å². The summed E-state index contributed by atoms with van der Waals surface area (Å²) < 4.78 is 0. The average Bonchev–Trinajstić information content (AvgIpc) is 2.34. The van der Waals surface area contributed by atoms with Gasteiger partial charge in [0.2, 0.25) is 0 Å². The number of hydrogen-bond donors (Lipinski definition) is 1. The molecular formula is C13H14Cl2N2O. The summed E-state index contributed by atoms with van der Waals surface area (Å²) in [6, 6.07) is 3.14. The Morgan fingerprint density at radius 1 is 1.39 bits per heavy atom. The number of nitrogen functional groups attached to an aromatic ring is 1. The Balaban J connectivity index is 2.27. The highest BCUT2D eigenvalue weighted by molar-refractivity contribution is 6.43. The van der Waals surface area contributed by atoms with Gasteiger partial charge < -0.3 is 10.6 Å². The van der Waals surface area contributed by atoms with Crippen LogP contribution in [0.25, 0.3) is 0 Å². The van der Waals surface area contributed by atoms with E-state index in [0.717, 1.165) is 13.0 Å². The van der Waals surface area contributed by atoms with Gasteiger partial charge in [-0.2, -0.15) is 0 Å². The molecule has 1 heterocycles. The minimum Gasteiger partial charge on any atom is -0.397 e. The molecule has 0 atom stereocenters. The van der Waals surface area contributed by atoms with Crippen LogP contribution in [0.3, 0.4) is 0 Å². The lowest BCUT2D eigenvalue weighted by atomic mass is 10.1. The molecule has 3 nitrogen and oxygen atoms in total. The van der Waals surface area contributed by atoms with Gasteiger partial charge in [-0.3, -0.25) is 4.79 Å². The van der Waals surface area contributed by atoms with E-state index in [1.807, 2.05) is 6.92 Å². The number of carbonyl (C=O) groups excluding carboxylic acids is 1. The fourth-order valence-corrected chi connectivity index (χ4v) is 2.34. The molecule has 0 radical (unpaired) electrons. The van der Waals surface area contributed by atoms with Crippen molar-refractivity contribution in [3.05, 3.63) is 39.4 Å². The van der Waals surface area contributed by atoms with Gasteiger partial charge in [-0.25, -0.2) is 0 Å². The second-order valence-electron chi connectivity index (χ2n) is 4.43. The molecule has 1 aliphatic rings. The van der Waals surface area contributed by atoms with Gasteiger partial charge in [-0.15, -0.1) is 0 Å². The van der Waals surface area contributed by atoms with Crippen molar-refractivity contribution in [3.63, 3.8) is 0 Å². The lowest BCUT2D eigenvalue weighted by Crippen LogP contribution is -2.35. The van der Waals surface area contributed by atoms with Crippen molar-refractivity contribution in [1.29, 1.82) is 0 Å². The van der Waals surface area contributed by atoms with Gasteiger partial charge in [0.15, 0.2) is 0 Å². The van der Waals surface area contributed by atoms with E-state index < -0.39 is 0 Å². The molecule has 2 N–H and O–H groups in total. The number of benzene rings is 1. The van der Waals surface area contributed by atoms with Crippen molar-refractivity contribution in [1.82, 2.24) is 4.90 Å². The SMILES string of the molecule is CC1=CCCN(C(=O)c2cc(N)c(Cl)c(Cl)c2)C1. The number of hydrogen-bond acceptors (Lipinski definition) is 2. The Morgan fingerprint density at radius 2 is 2.11 bits per heavy atom. The Kier molecular flexibility index (Phi) is 3.83. The zero-order valence-corrected chi connectivity index (χ0v) is 11.6. The van der Waals surface area contributed by atoms with Crippen LogP contribution in [0, 0.1) is 0 Å². The predicted molar refractivity (Wildman–Crippen MR) is 75.2 cm³/mol. The van der Waals surface area contributed by atoms with Crippen molar-refractivity contribution in [2.75, 3.05) is 18.8 Å². The monoisotopic (exact) mass is 284 g/mol. The summed E-state index contributed by atoms with van der Waals surface area (Å²) in [5, 5.41) is 0.604. The molecule has 96 valence electrons. The van der Waals surface area contributed by atoms with Crippen molar-refractivity contribution >= 4 is 34.8 Å². The minimum atomic E-state index is -0.0623. The maximum atomic E-state index is 12.3. The van der Waals surface area contributed by atoms with E-state index in [4.69, 9.17) is 28.9 Å². The van der Waals surface area contributed by atoms with Crippen LogP contribution in [0.15, 0.2) is 23.8 Å². The number of nitrogens with two attached hydrogens (primary N) is 1. The first-order valence-corrected chi connectivity index (χ1v) is 6.44. The highest BCUT2D eigenvalue weighted by Gasteiger charge is 2.19. The molecule has 2 rings (SSSR count). The number of nitrogens with zero attached hydrogens (tertiary/aromatic N) is 1. The highest BCUT2D eigenvalue weighted by Crippen LogP contribution is 2.30. The molecule has 1 aromatic rings. The molecule has 0 saturated carbocycles. The maximum Gasteiger partial charge on any atom is 0.254 e. The fraction of sp³-hybridized carbons (Fsp3) is 0.308. The van der Waals surface area contributed by atoms with Crippen LogP contribution >= 0.6 is 23.2 Å². The van der Waals surface area contributed by atoms with E-state index in [1.165, 1.54) is 5.57 Å². The second kappa shape index (κ2) is 5.21. The molecule has 0 aliphatic carbocycles. The third-order valence-electron chi connectivity index (χ3n) is 2.92. The van der Waals surface area contributed by atoms with Gasteiger partial charge in [0, 0.05) is 18.7 Å². The number of rotatable bonds is 1. The fourth-order valence-electron chi connectivity index (χ4n) is 2.00. The maximum absolute atomic E-state index is 12.3. The van der Waals surface area contributed by atoms with E-state index in [9.17, 15) is 4.79 Å². The predicted octanol–water partition coefficient (Wildman–Crippen LogP) is 3.37. The number of halogens is 2. The molecule has 0 spiro atoms. The number of carbonyl (C=O) groups is 1. The molecule has 0 aromatic heterocycles. The number of amides is 1. The van der Waals surface area contributed by atoms with E-state index in [1.54, 1.807) is 17.0 Å². The summed E-state index contributed by atoms with van der Waals surface area (Å²) in [7, 11) is 0. The van der Waals surface area contributed by atoms with E-state index >= 15 is 0 Å². The average molecular weight is 285 g/mol. The Bertz CT molecular complexity index is 503. The first kappa shape index (κ1) is 13.2. The molecular weight excluding hydrogens is 271 g/mol. The van der Waals surface area contributed by atoms with Gasteiger partial charge in [-0.1, -0.05) is 34.9 Å². The van der Waals surface area contributed by atoms with Gasteiger partial charge in [0.1, 0.15) is 0 Å². The molecule has 1 aliphatic heterocycles. The molecule has 1 amide bonds. The summed E-state index contributed by atoms with van der Waals surface area (Å²) in [5.74, 6) is -0.0623. The van der Waals surface area contributed by atoms with Crippen LogP contribution in [-0.2, 0) is 0 Å². The summed E-state index contributed by atoms with van der Waals surface area (Å²) in [6.07, 6.45) is 3.03. The van der Waals surface area contributed by atoms with Crippen LogP contribution in [0.4, 0.5) is 5.69 Å². The van der Waals surface area contributed by atoms with Crippen LogP contribution in [-0.4, -0.2) is 23.9 Å². The standard InChI is InChI=1S/C13H14Cl2N2O/c1-8-3-2-4-17(7-8)13(18)9-5-10(14)12(15)11(16)6-9/h3,5-6H,2,4,7,16H2,1H3. The van der Waals surface area contributed by atoms with Gasteiger partial charge in [0.05, 0.1) is 15.7 Å². The largest absolute Gasteiger partial charge is 0.397 e. The topological polar surface area (TPSA) is 46.3 Å². The van der Waals surface area contributed by atoms with Gasteiger partial charge >= 0.3 is 0 Å². The molecule has 18 heavy (non-hydrogen) atoms. The summed E-state index contributed by atoms with van der Waals surface area (Å²) in [5.41, 5.74) is 7.73. The smallest absolute Gasteiger partial charge is 0.254 e. The summed E-state index contributed by atoms with van der Waals surface area (Å²) in [4.78, 5) is 14.1. The zero-order valence-electron chi connectivity index (χ0n) is 10.0. The molecule has 0 unspecified atom stereocenters. The van der Waals surface area contributed by atoms with E-state index in [0.29, 0.717) is 27.8 Å². The van der Waals surface area contributed by atoms with Crippen LogP contribution in [0.5, 0.6) is 0 Å². The van der Waals surface area contributed by atoms with E-state index in [2.05, 4.69) is 6.08 Å². The zero-order chi connectivity index (χ0) is 13.3.